The van der Waals surface area contributed by atoms with Gasteiger partial charge in [-0.3, -0.25) is 14.4 Å². The van der Waals surface area contributed by atoms with E-state index in [-0.39, 0.29) is 43.4 Å². The Hall–Kier alpha value is -3.37. The molecule has 3 N–H and O–H groups in total. The van der Waals surface area contributed by atoms with Crippen molar-refractivity contribution in [2.45, 2.75) is 64.8 Å². The molecule has 0 radical (unpaired) electrons. The van der Waals surface area contributed by atoms with E-state index in [1.165, 1.54) is 15.4 Å². The molecule has 1 aliphatic rings. The lowest BCUT2D eigenvalue weighted by Crippen LogP contribution is -2.61. The Morgan fingerprint density at radius 2 is 1.77 bits per heavy atom. The van der Waals surface area contributed by atoms with Crippen molar-refractivity contribution in [3.8, 4) is 0 Å². The van der Waals surface area contributed by atoms with E-state index >= 15 is 0 Å². The number of amides is 3. The van der Waals surface area contributed by atoms with E-state index in [1.807, 2.05) is 25.1 Å². The number of halogens is 2. The van der Waals surface area contributed by atoms with Crippen LogP contribution in [0, 0.1) is 11.6 Å². The van der Waals surface area contributed by atoms with Gasteiger partial charge in [-0.05, 0) is 55.0 Å². The molecule has 1 aliphatic heterocycles. The molecule has 0 saturated carbocycles. The van der Waals surface area contributed by atoms with Gasteiger partial charge in [0.1, 0.15) is 30.8 Å². The van der Waals surface area contributed by atoms with E-state index in [0.29, 0.717) is 19.5 Å². The Bertz CT molecular complexity index is 1140. The molecule has 1 heterocycles. The minimum Gasteiger partial charge on any atom is -0.390 e. The van der Waals surface area contributed by atoms with Crippen LogP contribution in [0.25, 0.3) is 0 Å². The first kappa shape index (κ1) is 30.2. The summed E-state index contributed by atoms with van der Waals surface area (Å²) in [6.07, 6.45) is 0.465. The quantitative estimate of drug-likeness (QED) is 0.359. The van der Waals surface area contributed by atoms with Crippen molar-refractivity contribution < 1.29 is 28.3 Å². The second-order valence-electron chi connectivity index (χ2n) is 9.98. The van der Waals surface area contributed by atoms with Crippen molar-refractivity contribution >= 4 is 17.7 Å². The molecule has 10 heteroatoms. The number of hydrogen-bond acceptors (Lipinski definition) is 5. The first-order valence-electron chi connectivity index (χ1n) is 13.4. The molecule has 2 aromatic rings. The molecule has 3 amide bonds. The molecule has 3 rings (SSSR count). The van der Waals surface area contributed by atoms with Crippen molar-refractivity contribution in [2.75, 3.05) is 26.2 Å². The average molecular weight is 545 g/mol. The van der Waals surface area contributed by atoms with Gasteiger partial charge >= 0.3 is 0 Å². The van der Waals surface area contributed by atoms with Crippen molar-refractivity contribution in [3.05, 3.63) is 70.8 Å². The molecule has 2 aromatic carbocycles. The van der Waals surface area contributed by atoms with Crippen LogP contribution in [0.15, 0.2) is 42.5 Å². The lowest BCUT2D eigenvalue weighted by Gasteiger charge is -2.38. The zero-order chi connectivity index (χ0) is 28.5. The zero-order valence-electron chi connectivity index (χ0n) is 22.8. The summed E-state index contributed by atoms with van der Waals surface area (Å²) >= 11 is 0. The minimum absolute atomic E-state index is 0.0395. The maximum absolute atomic E-state index is 13.8. The van der Waals surface area contributed by atoms with Gasteiger partial charge in [-0.2, -0.15) is 0 Å². The number of benzene rings is 2. The molecular weight excluding hydrogens is 506 g/mol. The highest BCUT2D eigenvalue weighted by molar-refractivity contribution is 5.96. The first-order valence-corrected chi connectivity index (χ1v) is 13.4. The Kier molecular flexibility index (Phi) is 10.9. The molecule has 0 spiro atoms. The van der Waals surface area contributed by atoms with Crippen LogP contribution in [0.5, 0.6) is 0 Å². The third-order valence-electron chi connectivity index (χ3n) is 6.85. The largest absolute Gasteiger partial charge is 0.390 e. The summed E-state index contributed by atoms with van der Waals surface area (Å²) in [5.74, 6) is -2.68. The van der Waals surface area contributed by atoms with E-state index < -0.39 is 35.7 Å². The lowest BCUT2D eigenvalue weighted by atomic mass is 10.0. The number of nitrogens with one attached hydrogen (secondary N) is 2. The van der Waals surface area contributed by atoms with Crippen LogP contribution >= 0.6 is 0 Å². The van der Waals surface area contributed by atoms with Gasteiger partial charge in [0, 0.05) is 25.7 Å². The number of aliphatic hydroxyl groups excluding tert-OH is 1. The standard InChI is InChI=1S/C29H38F2N4O4/c1-4-9-35-19(3)29(39)34(18-28(35)38)17-27(37)33-25(13-22-11-23(30)14-24(31)12-22)26(36)16-32-15-21-8-6-7-20(5-2)10-21/h6-8,10-12,14,19,25-26,32,36H,4-5,9,13,15-18H2,1-3H3,(H,33,37)/t19-,25+,26+/m1/s1. The highest BCUT2D eigenvalue weighted by Crippen LogP contribution is 2.15. The molecule has 0 bridgehead atoms. The molecule has 39 heavy (non-hydrogen) atoms. The van der Waals surface area contributed by atoms with Crippen LogP contribution < -0.4 is 10.6 Å². The smallest absolute Gasteiger partial charge is 0.246 e. The number of aryl methyl sites for hydroxylation is 1. The molecule has 3 atom stereocenters. The third kappa shape index (κ3) is 8.56. The van der Waals surface area contributed by atoms with Gasteiger partial charge in [-0.15, -0.1) is 0 Å². The van der Waals surface area contributed by atoms with Gasteiger partial charge in [0.2, 0.25) is 17.7 Å². The van der Waals surface area contributed by atoms with Crippen LogP contribution in [0.4, 0.5) is 8.78 Å². The number of piperazine rings is 1. The maximum Gasteiger partial charge on any atom is 0.246 e. The van der Waals surface area contributed by atoms with E-state index in [4.69, 9.17) is 0 Å². The van der Waals surface area contributed by atoms with Crippen LogP contribution in [-0.2, 0) is 33.8 Å². The summed E-state index contributed by atoms with van der Waals surface area (Å²) in [6, 6.07) is 9.49. The highest BCUT2D eigenvalue weighted by atomic mass is 19.1. The van der Waals surface area contributed by atoms with Crippen molar-refractivity contribution in [1.29, 1.82) is 0 Å². The molecule has 0 aliphatic carbocycles. The van der Waals surface area contributed by atoms with Crippen molar-refractivity contribution in [1.82, 2.24) is 20.4 Å². The summed E-state index contributed by atoms with van der Waals surface area (Å²) in [6.45, 7) is 6.07. The fraction of sp³-hybridized carbons (Fsp3) is 0.483. The second kappa shape index (κ2) is 14.1. The van der Waals surface area contributed by atoms with Gasteiger partial charge in [-0.25, -0.2) is 8.78 Å². The fourth-order valence-electron chi connectivity index (χ4n) is 4.80. The number of nitrogens with zero attached hydrogens (tertiary/aromatic N) is 2. The SMILES string of the molecule is CCCN1C(=O)CN(CC(=O)N[C@@H](Cc2cc(F)cc(F)c2)[C@@H](O)CNCc2cccc(CC)c2)C(=O)[C@H]1C. The Morgan fingerprint density at radius 1 is 1.08 bits per heavy atom. The Labute approximate surface area is 228 Å². The third-order valence-corrected chi connectivity index (χ3v) is 6.85. The monoisotopic (exact) mass is 544 g/mol. The van der Waals surface area contributed by atoms with Crippen molar-refractivity contribution in [2.24, 2.45) is 0 Å². The fourth-order valence-corrected chi connectivity index (χ4v) is 4.80. The van der Waals surface area contributed by atoms with Crippen LogP contribution in [-0.4, -0.2) is 77.0 Å². The zero-order valence-corrected chi connectivity index (χ0v) is 22.8. The molecule has 1 saturated heterocycles. The molecule has 1 fully saturated rings. The molecule has 212 valence electrons. The Balaban J connectivity index is 1.67. The molecule has 8 nitrogen and oxygen atoms in total. The second-order valence-corrected chi connectivity index (χ2v) is 9.98. The van der Waals surface area contributed by atoms with E-state index in [2.05, 4.69) is 23.6 Å². The topological polar surface area (TPSA) is 102 Å². The maximum atomic E-state index is 13.8. The molecule has 0 aromatic heterocycles. The van der Waals surface area contributed by atoms with E-state index in [9.17, 15) is 28.3 Å². The van der Waals surface area contributed by atoms with E-state index in [0.717, 1.165) is 30.2 Å². The van der Waals surface area contributed by atoms with Crippen LogP contribution in [0.1, 0.15) is 43.9 Å². The minimum atomic E-state index is -1.10. The summed E-state index contributed by atoms with van der Waals surface area (Å²) in [5.41, 5.74) is 2.49. The number of hydrogen-bond donors (Lipinski definition) is 3. The summed E-state index contributed by atoms with van der Waals surface area (Å²) in [5, 5.41) is 16.8. The summed E-state index contributed by atoms with van der Waals surface area (Å²) in [4.78, 5) is 41.0. The van der Waals surface area contributed by atoms with Gasteiger partial charge in [0.25, 0.3) is 0 Å². The van der Waals surface area contributed by atoms with Crippen LogP contribution in [0.2, 0.25) is 0 Å². The Morgan fingerprint density at radius 3 is 2.44 bits per heavy atom. The van der Waals surface area contributed by atoms with Crippen LogP contribution in [0.3, 0.4) is 0 Å². The first-order chi connectivity index (χ1) is 18.6. The highest BCUT2D eigenvalue weighted by Gasteiger charge is 2.37. The number of aliphatic hydroxyl groups is 1. The summed E-state index contributed by atoms with van der Waals surface area (Å²) in [7, 11) is 0. The number of rotatable bonds is 13. The predicted octanol–water partition coefficient (Wildman–Crippen LogP) is 2.17. The number of carbonyl (C=O) groups is 3. The predicted molar refractivity (Wildman–Crippen MR) is 144 cm³/mol. The van der Waals surface area contributed by atoms with E-state index in [1.54, 1.807) is 6.92 Å². The normalized spacial score (nSPS) is 17.3. The number of carbonyl (C=O) groups excluding carboxylic acids is 3. The molecule has 0 unspecified atom stereocenters. The van der Waals surface area contributed by atoms with Crippen molar-refractivity contribution in [3.63, 3.8) is 0 Å². The van der Waals surface area contributed by atoms with Gasteiger partial charge in [0.05, 0.1) is 12.1 Å². The van der Waals surface area contributed by atoms with Gasteiger partial charge in [-0.1, -0.05) is 38.1 Å². The van der Waals surface area contributed by atoms with Gasteiger partial charge in [0.15, 0.2) is 0 Å². The molecular formula is C29H38F2N4O4. The van der Waals surface area contributed by atoms with Gasteiger partial charge < -0.3 is 25.5 Å². The summed E-state index contributed by atoms with van der Waals surface area (Å²) < 4.78 is 27.6. The average Bonchev–Trinajstić information content (AvgIpc) is 2.88. The lowest BCUT2D eigenvalue weighted by molar-refractivity contribution is -0.156.